The Balaban J connectivity index is 2.01. The first kappa shape index (κ1) is 26.8. The van der Waals surface area contributed by atoms with E-state index in [0.29, 0.717) is 6.42 Å². The first-order valence-electron chi connectivity index (χ1n) is 11.5. The molecule has 0 spiro atoms. The number of hydrogen-bond acceptors (Lipinski definition) is 6. The Morgan fingerprint density at radius 2 is 1.48 bits per heavy atom. The summed E-state index contributed by atoms with van der Waals surface area (Å²) in [4.78, 5) is 24.4. The standard InChI is InChI=1S/C26H35O6P/c1-4-24(27)31-26(21(2)3)32-33(29,18-12-11-15-22-13-7-5-8-14-22)20-25(28)30-19-23-16-9-6-10-17-23/h5-10,13-14,16-17,21,26H,4,11-12,15,18-20H2,1-3H3. The molecule has 180 valence electrons. The summed E-state index contributed by atoms with van der Waals surface area (Å²) in [6, 6.07) is 19.4. The van der Waals surface area contributed by atoms with Crippen LogP contribution in [-0.4, -0.2) is 30.6 Å². The number of hydrogen-bond donors (Lipinski definition) is 0. The van der Waals surface area contributed by atoms with Crippen molar-refractivity contribution in [3.8, 4) is 0 Å². The quantitative estimate of drug-likeness (QED) is 0.145. The monoisotopic (exact) mass is 474 g/mol. The Morgan fingerprint density at radius 1 is 0.879 bits per heavy atom. The second-order valence-electron chi connectivity index (χ2n) is 8.35. The number of ether oxygens (including phenoxy) is 2. The van der Waals surface area contributed by atoms with Crippen molar-refractivity contribution in [2.24, 2.45) is 5.92 Å². The zero-order valence-corrected chi connectivity index (χ0v) is 20.7. The molecule has 0 bridgehead atoms. The minimum absolute atomic E-state index is 0.103. The molecule has 0 radical (unpaired) electrons. The maximum absolute atomic E-state index is 13.7. The van der Waals surface area contributed by atoms with Gasteiger partial charge in [-0.15, -0.1) is 0 Å². The van der Waals surface area contributed by atoms with Crippen molar-refractivity contribution >= 4 is 19.3 Å². The summed E-state index contributed by atoms with van der Waals surface area (Å²) in [5.74, 6) is -1.23. The van der Waals surface area contributed by atoms with Crippen LogP contribution in [0.5, 0.6) is 0 Å². The summed E-state index contributed by atoms with van der Waals surface area (Å²) in [6.45, 7) is 5.43. The topological polar surface area (TPSA) is 78.9 Å². The van der Waals surface area contributed by atoms with E-state index in [1.165, 1.54) is 5.56 Å². The zero-order valence-electron chi connectivity index (χ0n) is 19.8. The lowest BCUT2D eigenvalue weighted by Crippen LogP contribution is -2.27. The maximum atomic E-state index is 13.7. The third kappa shape index (κ3) is 10.4. The van der Waals surface area contributed by atoms with Crippen molar-refractivity contribution in [1.29, 1.82) is 0 Å². The normalized spacial score (nSPS) is 13.8. The van der Waals surface area contributed by atoms with Crippen LogP contribution in [0.2, 0.25) is 0 Å². The van der Waals surface area contributed by atoms with Crippen molar-refractivity contribution in [1.82, 2.24) is 0 Å². The van der Waals surface area contributed by atoms with Crippen LogP contribution < -0.4 is 0 Å². The molecule has 0 aliphatic carbocycles. The van der Waals surface area contributed by atoms with Gasteiger partial charge in [0.25, 0.3) is 0 Å². The average molecular weight is 475 g/mol. The minimum Gasteiger partial charge on any atom is -0.460 e. The zero-order chi connectivity index (χ0) is 24.1. The SMILES string of the molecule is CCC(=O)OC(OP(=O)(CCCCc1ccccc1)CC(=O)OCc1ccccc1)C(C)C. The lowest BCUT2D eigenvalue weighted by atomic mass is 10.1. The van der Waals surface area contributed by atoms with Crippen molar-refractivity contribution in [2.45, 2.75) is 59.4 Å². The van der Waals surface area contributed by atoms with Crippen LogP contribution in [0, 0.1) is 5.92 Å². The largest absolute Gasteiger partial charge is 0.460 e. The molecule has 7 heteroatoms. The summed E-state index contributed by atoms with van der Waals surface area (Å²) in [5.41, 5.74) is 2.05. The number of aryl methyl sites for hydroxylation is 1. The lowest BCUT2D eigenvalue weighted by Gasteiger charge is -2.27. The van der Waals surface area contributed by atoms with Crippen molar-refractivity contribution < 1.29 is 28.2 Å². The third-order valence-electron chi connectivity index (χ3n) is 5.05. The van der Waals surface area contributed by atoms with Crippen molar-refractivity contribution in [3.05, 3.63) is 71.8 Å². The smallest absolute Gasteiger partial charge is 0.315 e. The summed E-state index contributed by atoms with van der Waals surface area (Å²) < 4.78 is 30.3. The molecule has 33 heavy (non-hydrogen) atoms. The van der Waals surface area contributed by atoms with E-state index in [1.807, 2.05) is 62.4 Å². The van der Waals surface area contributed by atoms with E-state index in [0.717, 1.165) is 18.4 Å². The lowest BCUT2D eigenvalue weighted by molar-refractivity contribution is -0.169. The molecule has 0 aliphatic heterocycles. The first-order chi connectivity index (χ1) is 15.8. The van der Waals surface area contributed by atoms with Gasteiger partial charge in [-0.05, 0) is 30.4 Å². The second kappa shape index (κ2) is 14.0. The molecule has 0 fully saturated rings. The molecule has 0 saturated heterocycles. The Labute approximate surface area is 197 Å². The number of unbranched alkanes of at least 4 members (excludes halogenated alkanes) is 1. The predicted octanol–water partition coefficient (Wildman–Crippen LogP) is 5.98. The summed E-state index contributed by atoms with van der Waals surface area (Å²) in [5, 5.41) is 0. The highest BCUT2D eigenvalue weighted by molar-refractivity contribution is 7.59. The van der Waals surface area contributed by atoms with Gasteiger partial charge in [-0.3, -0.25) is 18.7 Å². The van der Waals surface area contributed by atoms with Crippen LogP contribution in [0.4, 0.5) is 0 Å². The molecule has 2 aromatic carbocycles. The van der Waals surface area contributed by atoms with Gasteiger partial charge in [0.2, 0.25) is 13.7 Å². The van der Waals surface area contributed by atoms with E-state index in [1.54, 1.807) is 6.92 Å². The average Bonchev–Trinajstić information content (AvgIpc) is 2.81. The molecule has 2 rings (SSSR count). The van der Waals surface area contributed by atoms with Crippen LogP contribution in [0.3, 0.4) is 0 Å². The molecule has 0 aliphatic rings. The Bertz CT molecular complexity index is 898. The van der Waals surface area contributed by atoms with E-state index in [9.17, 15) is 14.2 Å². The van der Waals surface area contributed by atoms with Gasteiger partial charge >= 0.3 is 11.9 Å². The molecule has 0 amide bonds. The fourth-order valence-electron chi connectivity index (χ4n) is 3.16. The summed E-state index contributed by atoms with van der Waals surface area (Å²) >= 11 is 0. The van der Waals surface area contributed by atoms with Crippen LogP contribution in [-0.2, 0) is 41.2 Å². The third-order valence-corrected chi connectivity index (χ3v) is 7.38. The van der Waals surface area contributed by atoms with Gasteiger partial charge in [-0.1, -0.05) is 81.4 Å². The van der Waals surface area contributed by atoms with E-state index in [2.05, 4.69) is 12.1 Å². The Kier molecular flexibility index (Phi) is 11.4. The van der Waals surface area contributed by atoms with Crippen LogP contribution >= 0.6 is 7.37 Å². The van der Waals surface area contributed by atoms with E-state index >= 15 is 0 Å². The molecule has 2 aromatic rings. The fourth-order valence-corrected chi connectivity index (χ4v) is 5.35. The number of carbonyl (C=O) groups excluding carboxylic acids is 2. The molecule has 2 atom stereocenters. The molecular weight excluding hydrogens is 439 g/mol. The van der Waals surface area contributed by atoms with Crippen LogP contribution in [0.15, 0.2) is 60.7 Å². The van der Waals surface area contributed by atoms with Gasteiger partial charge in [-0.2, -0.15) is 0 Å². The van der Waals surface area contributed by atoms with Crippen molar-refractivity contribution in [3.63, 3.8) is 0 Å². The van der Waals surface area contributed by atoms with Crippen LogP contribution in [0.25, 0.3) is 0 Å². The van der Waals surface area contributed by atoms with Gasteiger partial charge in [0, 0.05) is 18.5 Å². The summed E-state index contributed by atoms with van der Waals surface area (Å²) in [7, 11) is -3.45. The number of carbonyl (C=O) groups is 2. The molecule has 0 heterocycles. The first-order valence-corrected chi connectivity index (χ1v) is 13.5. The predicted molar refractivity (Wildman–Crippen MR) is 129 cm³/mol. The molecule has 2 unspecified atom stereocenters. The van der Waals surface area contributed by atoms with Gasteiger partial charge < -0.3 is 9.47 Å². The van der Waals surface area contributed by atoms with Gasteiger partial charge in [0.05, 0.1) is 0 Å². The van der Waals surface area contributed by atoms with E-state index in [-0.39, 0.29) is 31.3 Å². The molecule has 0 aromatic heterocycles. The van der Waals surface area contributed by atoms with Gasteiger partial charge in [0.1, 0.15) is 12.8 Å². The fraction of sp³-hybridized carbons (Fsp3) is 0.462. The van der Waals surface area contributed by atoms with Crippen molar-refractivity contribution in [2.75, 3.05) is 12.3 Å². The maximum Gasteiger partial charge on any atom is 0.315 e. The molecule has 6 nitrogen and oxygen atoms in total. The highest BCUT2D eigenvalue weighted by Crippen LogP contribution is 2.50. The second-order valence-corrected chi connectivity index (χ2v) is 10.9. The minimum atomic E-state index is -3.45. The van der Waals surface area contributed by atoms with Crippen LogP contribution in [0.1, 0.15) is 51.2 Å². The van der Waals surface area contributed by atoms with E-state index in [4.69, 9.17) is 14.0 Å². The molecular formula is C26H35O6P. The summed E-state index contributed by atoms with van der Waals surface area (Å²) in [6.07, 6.45) is 1.34. The van der Waals surface area contributed by atoms with E-state index < -0.39 is 25.6 Å². The molecule has 0 N–H and O–H groups in total. The van der Waals surface area contributed by atoms with Gasteiger partial charge in [0.15, 0.2) is 0 Å². The number of benzene rings is 2. The highest BCUT2D eigenvalue weighted by Gasteiger charge is 2.33. The Morgan fingerprint density at radius 3 is 2.06 bits per heavy atom. The Hall–Kier alpha value is -2.43. The number of rotatable bonds is 14. The molecule has 0 saturated carbocycles. The van der Waals surface area contributed by atoms with Gasteiger partial charge in [-0.25, -0.2) is 0 Å². The number of esters is 2. The highest BCUT2D eigenvalue weighted by atomic mass is 31.2.